The third-order valence-corrected chi connectivity index (χ3v) is 8.08. The fourth-order valence-electron chi connectivity index (χ4n) is 5.50. The van der Waals surface area contributed by atoms with Gasteiger partial charge in [0.05, 0.1) is 0 Å². The molecule has 0 unspecified atom stereocenters. The molecule has 1 N–H and O–H groups in total. The number of hydrogen-bond donors (Lipinski definition) is 1. The summed E-state index contributed by atoms with van der Waals surface area (Å²) in [6.07, 6.45) is -3.54. The van der Waals surface area contributed by atoms with E-state index in [0.29, 0.717) is 0 Å². The Balaban J connectivity index is 1.30. The van der Waals surface area contributed by atoms with Crippen molar-refractivity contribution in [3.63, 3.8) is 0 Å². The van der Waals surface area contributed by atoms with Crippen LogP contribution in [0.3, 0.4) is 0 Å². The van der Waals surface area contributed by atoms with Crippen molar-refractivity contribution in [3.8, 4) is 22.6 Å². The number of nitrogens with one attached hydrogen (secondary N) is 1. The van der Waals surface area contributed by atoms with Gasteiger partial charge in [-0.2, -0.15) is 17.6 Å². The number of esters is 2. The highest BCUT2D eigenvalue weighted by molar-refractivity contribution is 5.79. The Kier molecular flexibility index (Phi) is 10.4. The Morgan fingerprint density at radius 2 is 1.02 bits per heavy atom. The minimum Gasteiger partial charge on any atom is -0.449 e. The van der Waals surface area contributed by atoms with Crippen LogP contribution in [0.4, 0.5) is 39.9 Å². The molecule has 0 aromatic heterocycles. The highest BCUT2D eigenvalue weighted by Gasteiger charge is 2.33. The summed E-state index contributed by atoms with van der Waals surface area (Å²) in [5.41, 5.74) is 2.01. The number of carbonyl (C=O) groups excluding carboxylic acids is 3. The van der Waals surface area contributed by atoms with Crippen molar-refractivity contribution in [2.75, 3.05) is 6.61 Å². The zero-order valence-corrected chi connectivity index (χ0v) is 25.9. The summed E-state index contributed by atoms with van der Waals surface area (Å²) in [4.78, 5) is 38.2. The molecule has 0 aliphatic heterocycles. The molecule has 0 spiro atoms. The molecule has 0 heterocycles. The fraction of sp³-hybridized carbons (Fsp3) is 0.229. The maximum absolute atomic E-state index is 14.1. The smallest absolute Gasteiger partial charge is 0.407 e. The summed E-state index contributed by atoms with van der Waals surface area (Å²) in [5, 5.41) is 2.47. The highest BCUT2D eigenvalue weighted by atomic mass is 19.2. The predicted octanol–water partition coefficient (Wildman–Crippen LogP) is 8.17. The molecule has 262 valence electrons. The average molecular weight is 708 g/mol. The molecule has 50 heavy (non-hydrogen) atoms. The molecular formula is C35H25F8NO6. The number of alkyl carbamates (subject to hydrolysis) is 1. The number of fused-ring (bicyclic) bond motifs is 3. The van der Waals surface area contributed by atoms with Crippen LogP contribution < -0.4 is 14.8 Å². The monoisotopic (exact) mass is 707 g/mol. The second kappa shape index (κ2) is 14.6. The third kappa shape index (κ3) is 7.56. The molecule has 0 atom stereocenters. The number of carbonyl (C=O) groups is 3. The zero-order valence-electron chi connectivity index (χ0n) is 25.9. The van der Waals surface area contributed by atoms with Crippen LogP contribution in [0.1, 0.15) is 49.7 Å². The van der Waals surface area contributed by atoms with E-state index >= 15 is 0 Å². The lowest BCUT2D eigenvalue weighted by Gasteiger charge is -2.30. The SMILES string of the molecule is CC(CCC(=O)Oc1c(F)c(F)cc(F)c1F)(CCC(=O)Oc1c(F)c(F)cc(F)c1F)NC(=O)OCC1c2ccccc2-c2ccccc21. The largest absolute Gasteiger partial charge is 0.449 e. The maximum Gasteiger partial charge on any atom is 0.407 e. The van der Waals surface area contributed by atoms with E-state index < -0.39 is 107 Å². The van der Waals surface area contributed by atoms with Crippen molar-refractivity contribution in [1.82, 2.24) is 5.32 Å². The van der Waals surface area contributed by atoms with Crippen molar-refractivity contribution in [1.29, 1.82) is 0 Å². The molecule has 1 amide bonds. The van der Waals surface area contributed by atoms with Crippen molar-refractivity contribution in [3.05, 3.63) is 118 Å². The topological polar surface area (TPSA) is 90.9 Å². The van der Waals surface area contributed by atoms with Gasteiger partial charge in [-0.1, -0.05) is 48.5 Å². The van der Waals surface area contributed by atoms with Gasteiger partial charge < -0.3 is 19.5 Å². The first-order chi connectivity index (χ1) is 23.7. The Hall–Kier alpha value is -5.47. The van der Waals surface area contributed by atoms with E-state index in [9.17, 15) is 49.5 Å². The molecule has 0 radical (unpaired) electrons. The first kappa shape index (κ1) is 35.8. The second-order valence-electron chi connectivity index (χ2n) is 11.6. The molecular weight excluding hydrogens is 682 g/mol. The molecule has 0 fully saturated rings. The molecule has 5 rings (SSSR count). The summed E-state index contributed by atoms with van der Waals surface area (Å²) >= 11 is 0. The third-order valence-electron chi connectivity index (χ3n) is 8.08. The second-order valence-corrected chi connectivity index (χ2v) is 11.6. The van der Waals surface area contributed by atoms with Crippen LogP contribution in [0.15, 0.2) is 60.7 Å². The van der Waals surface area contributed by atoms with Gasteiger partial charge in [0.25, 0.3) is 0 Å². The van der Waals surface area contributed by atoms with Crippen molar-refractivity contribution in [2.45, 2.75) is 44.1 Å². The summed E-state index contributed by atoms with van der Waals surface area (Å²) in [5.74, 6) is -21.7. The van der Waals surface area contributed by atoms with Crippen LogP contribution in [0.5, 0.6) is 11.5 Å². The lowest BCUT2D eigenvalue weighted by Crippen LogP contribution is -2.47. The average Bonchev–Trinajstić information content (AvgIpc) is 3.41. The number of ether oxygens (including phenoxy) is 3. The normalized spacial score (nSPS) is 12.3. The number of amides is 1. The van der Waals surface area contributed by atoms with Gasteiger partial charge in [0.15, 0.2) is 23.3 Å². The van der Waals surface area contributed by atoms with Gasteiger partial charge in [0, 0.05) is 36.4 Å². The van der Waals surface area contributed by atoms with E-state index in [1.807, 2.05) is 48.5 Å². The molecule has 4 aromatic carbocycles. The van der Waals surface area contributed by atoms with E-state index in [0.717, 1.165) is 22.3 Å². The Bertz CT molecular complexity index is 1810. The van der Waals surface area contributed by atoms with Crippen LogP contribution in [0.2, 0.25) is 0 Å². The van der Waals surface area contributed by atoms with Gasteiger partial charge in [-0.15, -0.1) is 0 Å². The first-order valence-electron chi connectivity index (χ1n) is 14.9. The van der Waals surface area contributed by atoms with Crippen LogP contribution in [0.25, 0.3) is 11.1 Å². The Morgan fingerprint density at radius 3 is 1.42 bits per heavy atom. The van der Waals surface area contributed by atoms with E-state index in [2.05, 4.69) is 14.8 Å². The van der Waals surface area contributed by atoms with Gasteiger partial charge in [-0.3, -0.25) is 9.59 Å². The summed E-state index contributed by atoms with van der Waals surface area (Å²) in [6, 6.07) is 14.7. The quantitative estimate of drug-likeness (QED) is 0.0733. The standard InChI is InChI=1S/C35H25F8NO6/c1-35(12-10-26(45)49-32-28(40)22(36)14-23(37)29(32)41,13-11-27(46)50-33-30(42)24(38)15-25(39)31(33)43)44-34(47)48-16-21-19-8-4-2-6-17(19)18-7-3-5-9-20(18)21/h2-9,14-15,21H,10-13,16H2,1H3,(H,44,47). The number of rotatable bonds is 11. The molecule has 7 nitrogen and oxygen atoms in total. The Morgan fingerprint density at radius 1 is 0.640 bits per heavy atom. The lowest BCUT2D eigenvalue weighted by molar-refractivity contribution is -0.135. The molecule has 1 aliphatic rings. The summed E-state index contributed by atoms with van der Waals surface area (Å²) in [6.45, 7) is 1.13. The maximum atomic E-state index is 14.1. The molecule has 0 bridgehead atoms. The Labute approximate surface area is 278 Å². The number of hydrogen-bond acceptors (Lipinski definition) is 6. The predicted molar refractivity (Wildman–Crippen MR) is 159 cm³/mol. The van der Waals surface area contributed by atoms with E-state index in [1.165, 1.54) is 6.92 Å². The van der Waals surface area contributed by atoms with Crippen LogP contribution >= 0.6 is 0 Å². The number of halogens is 8. The van der Waals surface area contributed by atoms with Crippen molar-refractivity contribution < 1.29 is 63.7 Å². The van der Waals surface area contributed by atoms with Crippen molar-refractivity contribution in [2.24, 2.45) is 0 Å². The van der Waals surface area contributed by atoms with Crippen molar-refractivity contribution >= 4 is 18.0 Å². The molecule has 0 saturated heterocycles. The number of benzene rings is 4. The summed E-state index contributed by atoms with van der Waals surface area (Å²) in [7, 11) is 0. The van der Waals surface area contributed by atoms with Crippen LogP contribution in [-0.2, 0) is 14.3 Å². The zero-order chi connectivity index (χ0) is 36.3. The fourth-order valence-corrected chi connectivity index (χ4v) is 5.50. The molecule has 4 aromatic rings. The van der Waals surface area contributed by atoms with Gasteiger partial charge in [-0.25, -0.2) is 22.4 Å². The highest BCUT2D eigenvalue weighted by Crippen LogP contribution is 2.44. The van der Waals surface area contributed by atoms with Gasteiger partial charge in [0.2, 0.25) is 34.8 Å². The van der Waals surface area contributed by atoms with Gasteiger partial charge in [0.1, 0.15) is 6.61 Å². The van der Waals surface area contributed by atoms with Gasteiger partial charge >= 0.3 is 18.0 Å². The van der Waals surface area contributed by atoms with Crippen LogP contribution in [0, 0.1) is 46.5 Å². The lowest BCUT2D eigenvalue weighted by atomic mass is 9.90. The minimum absolute atomic E-state index is 0.0909. The molecule has 15 heteroatoms. The minimum atomic E-state index is -1.98. The van der Waals surface area contributed by atoms with E-state index in [4.69, 9.17) is 4.74 Å². The van der Waals surface area contributed by atoms with Gasteiger partial charge in [-0.05, 0) is 42.0 Å². The summed E-state index contributed by atoms with van der Waals surface area (Å²) < 4.78 is 125. The van der Waals surface area contributed by atoms with E-state index in [-0.39, 0.29) is 24.7 Å². The van der Waals surface area contributed by atoms with E-state index in [1.54, 1.807) is 0 Å². The molecule has 0 saturated carbocycles. The van der Waals surface area contributed by atoms with Crippen LogP contribution in [-0.4, -0.2) is 30.2 Å². The first-order valence-corrected chi connectivity index (χ1v) is 14.9. The molecule has 1 aliphatic carbocycles.